The van der Waals surface area contributed by atoms with Crippen molar-refractivity contribution < 1.29 is 32.7 Å². The quantitative estimate of drug-likeness (QED) is 0.850. The number of carboxylic acid groups (broad SMARTS) is 1. The van der Waals surface area contributed by atoms with Gasteiger partial charge in [0.15, 0.2) is 0 Å². The number of nitrogens with one attached hydrogen (secondary N) is 1. The van der Waals surface area contributed by atoms with Gasteiger partial charge in [0.05, 0.1) is 5.56 Å². The van der Waals surface area contributed by atoms with Crippen molar-refractivity contribution in [2.75, 3.05) is 13.1 Å². The van der Waals surface area contributed by atoms with Crippen molar-refractivity contribution in [1.29, 1.82) is 0 Å². The normalized spacial score (nSPS) is 17.6. The van der Waals surface area contributed by atoms with Crippen molar-refractivity contribution in [3.05, 3.63) is 29.6 Å². The Morgan fingerprint density at radius 2 is 2.04 bits per heavy atom. The summed E-state index contributed by atoms with van der Waals surface area (Å²) in [7, 11) is 0. The molecule has 1 aliphatic heterocycles. The third kappa shape index (κ3) is 4.21. The number of alkyl halides is 3. The number of rotatable bonds is 4. The lowest BCUT2D eigenvalue weighted by atomic mass is 10.2. The summed E-state index contributed by atoms with van der Waals surface area (Å²) in [6.45, 7) is -1.25. The van der Waals surface area contributed by atoms with E-state index in [-0.39, 0.29) is 24.2 Å². The van der Waals surface area contributed by atoms with Crippen LogP contribution in [0.4, 0.5) is 13.2 Å². The number of halogens is 3. The van der Waals surface area contributed by atoms with Gasteiger partial charge in [-0.05, 0) is 25.0 Å². The number of aromatic nitrogens is 1. The van der Waals surface area contributed by atoms with Gasteiger partial charge in [-0.25, -0.2) is 4.79 Å². The van der Waals surface area contributed by atoms with Gasteiger partial charge in [-0.3, -0.25) is 14.6 Å². The number of hydrogen-bond acceptors (Lipinski definition) is 4. The number of pyridine rings is 1. The highest BCUT2D eigenvalue weighted by molar-refractivity contribution is 5.97. The van der Waals surface area contributed by atoms with Crippen molar-refractivity contribution >= 4 is 17.8 Å². The van der Waals surface area contributed by atoms with E-state index in [1.54, 1.807) is 5.32 Å². The molecule has 0 radical (unpaired) electrons. The van der Waals surface area contributed by atoms with Crippen LogP contribution in [0.25, 0.3) is 0 Å². The summed E-state index contributed by atoms with van der Waals surface area (Å²) in [6.07, 6.45) is -2.80. The second kappa shape index (κ2) is 6.85. The van der Waals surface area contributed by atoms with Gasteiger partial charge in [0.25, 0.3) is 5.91 Å². The minimum absolute atomic E-state index is 0.0736. The molecular weight excluding hydrogens is 331 g/mol. The third-order valence-electron chi connectivity index (χ3n) is 3.51. The molecular formula is C14H14F3N3O4. The highest BCUT2D eigenvalue weighted by Crippen LogP contribution is 2.20. The first-order valence-electron chi connectivity index (χ1n) is 7.04. The van der Waals surface area contributed by atoms with Crippen molar-refractivity contribution in [1.82, 2.24) is 15.2 Å². The van der Waals surface area contributed by atoms with E-state index < -0.39 is 36.5 Å². The topological polar surface area (TPSA) is 99.6 Å². The predicted molar refractivity (Wildman–Crippen MR) is 74.3 cm³/mol. The average Bonchev–Trinajstić information content (AvgIpc) is 3.01. The fourth-order valence-electron chi connectivity index (χ4n) is 2.38. The minimum atomic E-state index is -4.53. The molecule has 2 heterocycles. The van der Waals surface area contributed by atoms with Crippen molar-refractivity contribution in [3.63, 3.8) is 0 Å². The van der Waals surface area contributed by atoms with Crippen LogP contribution >= 0.6 is 0 Å². The van der Waals surface area contributed by atoms with E-state index >= 15 is 0 Å². The molecule has 0 aromatic carbocycles. The number of aromatic carboxylic acids is 1. The molecule has 130 valence electrons. The second-order valence-corrected chi connectivity index (χ2v) is 5.23. The highest BCUT2D eigenvalue weighted by atomic mass is 19.4. The van der Waals surface area contributed by atoms with E-state index in [1.165, 1.54) is 12.1 Å². The molecule has 1 aromatic rings. The van der Waals surface area contributed by atoms with E-state index in [2.05, 4.69) is 4.98 Å². The fourth-order valence-corrected chi connectivity index (χ4v) is 2.38. The van der Waals surface area contributed by atoms with Crippen LogP contribution in [0.3, 0.4) is 0 Å². The zero-order valence-electron chi connectivity index (χ0n) is 12.3. The summed E-state index contributed by atoms with van der Waals surface area (Å²) >= 11 is 0. The van der Waals surface area contributed by atoms with Gasteiger partial charge >= 0.3 is 12.1 Å². The molecule has 1 atom stereocenters. The zero-order chi connectivity index (χ0) is 17.9. The van der Waals surface area contributed by atoms with Crippen molar-refractivity contribution in [3.8, 4) is 0 Å². The number of carbonyl (C=O) groups excluding carboxylic acids is 2. The molecule has 1 fully saturated rings. The average molecular weight is 345 g/mol. The van der Waals surface area contributed by atoms with Gasteiger partial charge < -0.3 is 15.3 Å². The molecule has 0 spiro atoms. The summed E-state index contributed by atoms with van der Waals surface area (Å²) in [5.74, 6) is -2.70. The summed E-state index contributed by atoms with van der Waals surface area (Å²) in [5, 5.41) is 10.6. The molecule has 2 N–H and O–H groups in total. The summed E-state index contributed by atoms with van der Waals surface area (Å²) in [4.78, 5) is 39.9. The van der Waals surface area contributed by atoms with Gasteiger partial charge in [-0.2, -0.15) is 13.2 Å². The van der Waals surface area contributed by atoms with E-state index in [4.69, 9.17) is 5.11 Å². The first-order valence-corrected chi connectivity index (χ1v) is 7.04. The van der Waals surface area contributed by atoms with E-state index in [0.717, 1.165) is 11.1 Å². The second-order valence-electron chi connectivity index (χ2n) is 5.23. The molecule has 0 aliphatic carbocycles. The molecule has 1 aliphatic rings. The zero-order valence-corrected chi connectivity index (χ0v) is 12.3. The Bertz CT molecular complexity index is 646. The third-order valence-corrected chi connectivity index (χ3v) is 3.51. The molecule has 1 unspecified atom stereocenters. The van der Waals surface area contributed by atoms with Gasteiger partial charge in [0.2, 0.25) is 5.91 Å². The van der Waals surface area contributed by atoms with Gasteiger partial charge in [-0.15, -0.1) is 0 Å². The van der Waals surface area contributed by atoms with Crippen molar-refractivity contribution in [2.45, 2.75) is 25.1 Å². The number of likely N-dealkylation sites (tertiary alicyclic amines) is 1. The van der Waals surface area contributed by atoms with Crippen LogP contribution in [-0.2, 0) is 4.79 Å². The molecule has 0 saturated carbocycles. The number of carboxylic acids is 1. The van der Waals surface area contributed by atoms with Gasteiger partial charge in [0.1, 0.15) is 18.3 Å². The van der Waals surface area contributed by atoms with E-state index in [9.17, 15) is 27.6 Å². The van der Waals surface area contributed by atoms with Crippen LogP contribution < -0.4 is 5.32 Å². The van der Waals surface area contributed by atoms with Crippen LogP contribution in [-0.4, -0.2) is 58.1 Å². The Morgan fingerprint density at radius 1 is 1.33 bits per heavy atom. The SMILES string of the molecule is O=C(O)c1ccc(C(=O)N2CCCC2C(=O)NCC(F)(F)F)nc1. The highest BCUT2D eigenvalue weighted by Gasteiger charge is 2.37. The maximum Gasteiger partial charge on any atom is 0.405 e. The Hall–Kier alpha value is -2.65. The Morgan fingerprint density at radius 3 is 2.58 bits per heavy atom. The van der Waals surface area contributed by atoms with Gasteiger partial charge in [0, 0.05) is 12.7 Å². The van der Waals surface area contributed by atoms with Crippen LogP contribution in [0.5, 0.6) is 0 Å². The Balaban J connectivity index is 2.07. The summed E-state index contributed by atoms with van der Waals surface area (Å²) < 4.78 is 36.5. The molecule has 2 rings (SSSR count). The minimum Gasteiger partial charge on any atom is -0.478 e. The lowest BCUT2D eigenvalue weighted by Crippen LogP contribution is -2.48. The Labute approximate surface area is 134 Å². The fraction of sp³-hybridized carbons (Fsp3) is 0.429. The molecule has 10 heteroatoms. The molecule has 24 heavy (non-hydrogen) atoms. The smallest absolute Gasteiger partial charge is 0.405 e. The first kappa shape index (κ1) is 17.7. The van der Waals surface area contributed by atoms with Gasteiger partial charge in [-0.1, -0.05) is 0 Å². The summed E-state index contributed by atoms with van der Waals surface area (Å²) in [5.41, 5.74) is -0.178. The first-order chi connectivity index (χ1) is 11.2. The molecule has 7 nitrogen and oxygen atoms in total. The number of carbonyl (C=O) groups is 3. The van der Waals surface area contributed by atoms with E-state index in [1.807, 2.05) is 0 Å². The van der Waals surface area contributed by atoms with Crippen LogP contribution in [0.2, 0.25) is 0 Å². The number of amides is 2. The van der Waals surface area contributed by atoms with E-state index in [0.29, 0.717) is 6.42 Å². The molecule has 0 bridgehead atoms. The largest absolute Gasteiger partial charge is 0.478 e. The van der Waals surface area contributed by atoms with Crippen LogP contribution in [0.1, 0.15) is 33.7 Å². The molecule has 1 aromatic heterocycles. The monoisotopic (exact) mass is 345 g/mol. The lowest BCUT2D eigenvalue weighted by Gasteiger charge is -2.23. The number of nitrogens with zero attached hydrogens (tertiary/aromatic N) is 2. The maximum atomic E-state index is 12.4. The predicted octanol–water partition coefficient (Wildman–Crippen LogP) is 1.06. The molecule has 1 saturated heterocycles. The lowest BCUT2D eigenvalue weighted by molar-refractivity contribution is -0.140. The van der Waals surface area contributed by atoms with Crippen LogP contribution in [0, 0.1) is 0 Å². The maximum absolute atomic E-state index is 12.4. The summed E-state index contributed by atoms with van der Waals surface area (Å²) in [6, 6.07) is 1.40. The van der Waals surface area contributed by atoms with Crippen LogP contribution in [0.15, 0.2) is 18.3 Å². The standard InChI is InChI=1S/C14H14F3N3O4/c15-14(16,17)7-19-11(21)10-2-1-5-20(10)12(22)9-4-3-8(6-18-9)13(23)24/h3-4,6,10H,1-2,5,7H2,(H,19,21)(H,23,24). The Kier molecular flexibility index (Phi) is 5.05. The van der Waals surface area contributed by atoms with Crippen molar-refractivity contribution in [2.24, 2.45) is 0 Å². The number of hydrogen-bond donors (Lipinski definition) is 2. The molecule has 2 amide bonds.